The molecule has 38 heavy (non-hydrogen) atoms. The molecule has 2 rings (SSSR count). The molecule has 7 heteroatoms. The van der Waals surface area contributed by atoms with Gasteiger partial charge >= 0.3 is 5.97 Å². The molecule has 1 aromatic rings. The number of thiophene rings is 1. The standard InChI is InChI=1S/C31H39NO4S2/c1-6-9-11-12-15-23(4)16-14-20-37-31-28-26(29(38-31)30(33)36-8-3)21-24(22-27(28)32-34)17-13-19-25(35-5)18-10-7-2/h1,7,10-13,15,17,19,24,34H,8-9,14,16,18,20-22H2,2-5H3/b10-7-,12-11-,17-13+,23-15+,25-19+,32-27+. The van der Waals surface area contributed by atoms with E-state index in [4.69, 9.17) is 15.9 Å². The maximum absolute atomic E-state index is 12.8. The van der Waals surface area contributed by atoms with Gasteiger partial charge in [-0.1, -0.05) is 53.3 Å². The van der Waals surface area contributed by atoms with Gasteiger partial charge in [0, 0.05) is 24.8 Å². The minimum atomic E-state index is -0.312. The number of thioether (sulfide) groups is 1. The molecule has 1 atom stereocenters. The summed E-state index contributed by atoms with van der Waals surface area (Å²) in [7, 11) is 1.67. The maximum Gasteiger partial charge on any atom is 0.348 e. The Morgan fingerprint density at radius 3 is 2.79 bits per heavy atom. The minimum absolute atomic E-state index is 0.0976. The van der Waals surface area contributed by atoms with Gasteiger partial charge in [0.1, 0.15) is 4.88 Å². The van der Waals surface area contributed by atoms with E-state index in [9.17, 15) is 10.0 Å². The largest absolute Gasteiger partial charge is 0.501 e. The lowest BCUT2D eigenvalue weighted by Crippen LogP contribution is -2.21. The number of fused-ring (bicyclic) bond motifs is 1. The van der Waals surface area contributed by atoms with E-state index in [0.717, 1.165) is 46.1 Å². The quantitative estimate of drug-likeness (QED) is 0.0290. The molecule has 5 nitrogen and oxygen atoms in total. The predicted octanol–water partition coefficient (Wildman–Crippen LogP) is 8.12. The van der Waals surface area contributed by atoms with Crippen molar-refractivity contribution >= 4 is 34.8 Å². The fourth-order valence-corrected chi connectivity index (χ4v) is 6.62. The summed E-state index contributed by atoms with van der Waals surface area (Å²) in [6, 6.07) is 0. The number of terminal acetylenes is 1. The Balaban J connectivity index is 2.21. The topological polar surface area (TPSA) is 68.1 Å². The first-order valence-electron chi connectivity index (χ1n) is 12.9. The Bertz CT molecular complexity index is 1150. The first kappa shape index (κ1) is 31.3. The number of nitrogens with zero attached hydrogens (tertiary/aromatic N) is 1. The number of methoxy groups -OCH3 is 1. The average molecular weight is 554 g/mol. The van der Waals surface area contributed by atoms with Gasteiger partial charge in [-0.3, -0.25) is 0 Å². The number of carbonyl (C=O) groups excluding carboxylic acids is 1. The van der Waals surface area contributed by atoms with E-state index in [1.807, 2.05) is 50.3 Å². The van der Waals surface area contributed by atoms with Crippen molar-refractivity contribution in [2.24, 2.45) is 11.1 Å². The number of hydrogen-bond donors (Lipinski definition) is 1. The van der Waals surface area contributed by atoms with Crippen LogP contribution in [0.1, 0.15) is 73.7 Å². The maximum atomic E-state index is 12.8. The zero-order valence-electron chi connectivity index (χ0n) is 22.9. The highest BCUT2D eigenvalue weighted by molar-refractivity contribution is 8.01. The summed E-state index contributed by atoms with van der Waals surface area (Å²) in [5.74, 6) is 4.14. The molecule has 0 aliphatic heterocycles. The Morgan fingerprint density at radius 1 is 1.29 bits per heavy atom. The lowest BCUT2D eigenvalue weighted by Gasteiger charge is -2.22. The van der Waals surface area contributed by atoms with Crippen LogP contribution in [0.5, 0.6) is 0 Å². The van der Waals surface area contributed by atoms with Crippen molar-refractivity contribution in [2.45, 2.75) is 63.5 Å². The van der Waals surface area contributed by atoms with Crippen LogP contribution in [-0.2, 0) is 15.9 Å². The van der Waals surface area contributed by atoms with Crippen molar-refractivity contribution in [2.75, 3.05) is 19.5 Å². The van der Waals surface area contributed by atoms with E-state index in [2.05, 4.69) is 30.2 Å². The normalized spacial score (nSPS) is 17.4. The number of hydrogen-bond acceptors (Lipinski definition) is 7. The zero-order valence-corrected chi connectivity index (χ0v) is 24.5. The third-order valence-corrected chi connectivity index (χ3v) is 8.52. The molecule has 1 aromatic heterocycles. The molecule has 0 aromatic carbocycles. The van der Waals surface area contributed by atoms with Gasteiger partial charge in [-0.15, -0.1) is 35.4 Å². The second kappa shape index (κ2) is 17.5. The Morgan fingerprint density at radius 2 is 2.11 bits per heavy atom. The lowest BCUT2D eigenvalue weighted by molar-refractivity contribution is 0.0530. The highest BCUT2D eigenvalue weighted by atomic mass is 32.2. The summed E-state index contributed by atoms with van der Waals surface area (Å²) < 4.78 is 11.8. The van der Waals surface area contributed by atoms with Crippen molar-refractivity contribution in [1.82, 2.24) is 0 Å². The smallest absolute Gasteiger partial charge is 0.348 e. The summed E-state index contributed by atoms with van der Waals surface area (Å²) in [6.45, 7) is 6.22. The van der Waals surface area contributed by atoms with Crippen LogP contribution in [0.25, 0.3) is 0 Å². The Hall–Kier alpha value is -2.95. The predicted molar refractivity (Wildman–Crippen MR) is 160 cm³/mol. The van der Waals surface area contributed by atoms with Crippen LogP contribution in [0.2, 0.25) is 0 Å². The molecular formula is C31H39NO4S2. The van der Waals surface area contributed by atoms with Crippen molar-refractivity contribution in [3.63, 3.8) is 0 Å². The molecule has 0 saturated carbocycles. The fourth-order valence-electron chi connectivity index (χ4n) is 4.04. The molecule has 204 valence electrons. The van der Waals surface area contributed by atoms with Crippen LogP contribution < -0.4 is 0 Å². The molecule has 0 spiro atoms. The fraction of sp³-hybridized carbons (Fsp3) is 0.419. The summed E-state index contributed by atoms with van der Waals surface area (Å²) in [4.78, 5) is 13.5. The highest BCUT2D eigenvalue weighted by Gasteiger charge is 2.32. The van der Waals surface area contributed by atoms with Crippen molar-refractivity contribution < 1.29 is 19.5 Å². The minimum Gasteiger partial charge on any atom is -0.501 e. The van der Waals surface area contributed by atoms with Crippen molar-refractivity contribution in [3.8, 4) is 12.3 Å². The molecule has 0 bridgehead atoms. The summed E-state index contributed by atoms with van der Waals surface area (Å²) >= 11 is 3.17. The molecule has 1 unspecified atom stereocenters. The monoisotopic (exact) mass is 553 g/mol. The molecule has 0 saturated heterocycles. The Labute approximate surface area is 236 Å². The van der Waals surface area contributed by atoms with E-state index in [1.54, 1.807) is 18.9 Å². The van der Waals surface area contributed by atoms with E-state index in [-0.39, 0.29) is 11.9 Å². The summed E-state index contributed by atoms with van der Waals surface area (Å²) in [6.07, 6.45) is 26.0. The average Bonchev–Trinajstić information content (AvgIpc) is 3.29. The third-order valence-electron chi connectivity index (χ3n) is 5.95. The Kier molecular flexibility index (Phi) is 14.4. The van der Waals surface area contributed by atoms with Crippen molar-refractivity contribution in [3.05, 3.63) is 75.9 Å². The lowest BCUT2D eigenvalue weighted by atomic mass is 9.83. The van der Waals surface area contributed by atoms with Crippen molar-refractivity contribution in [1.29, 1.82) is 0 Å². The first-order chi connectivity index (χ1) is 18.5. The van der Waals surface area contributed by atoms with Gasteiger partial charge in [0.05, 0.1) is 29.4 Å². The van der Waals surface area contributed by atoms with Crippen LogP contribution in [0, 0.1) is 18.3 Å². The molecule has 1 aliphatic rings. The molecule has 1 aliphatic carbocycles. The van der Waals surface area contributed by atoms with Gasteiger partial charge in [0.25, 0.3) is 0 Å². The summed E-state index contributed by atoms with van der Waals surface area (Å²) in [5, 5.41) is 13.6. The molecule has 0 radical (unpaired) electrons. The van der Waals surface area contributed by atoms with Gasteiger partial charge < -0.3 is 14.7 Å². The van der Waals surface area contributed by atoms with Gasteiger partial charge in [0.2, 0.25) is 0 Å². The summed E-state index contributed by atoms with van der Waals surface area (Å²) in [5.41, 5.74) is 3.74. The van der Waals surface area contributed by atoms with Gasteiger partial charge in [0.15, 0.2) is 0 Å². The van der Waals surface area contributed by atoms with Crippen LogP contribution >= 0.6 is 23.1 Å². The molecule has 0 fully saturated rings. The number of oxime groups is 1. The number of ether oxygens (including phenoxy) is 2. The number of allylic oxidation sites excluding steroid dienone is 9. The molecular weight excluding hydrogens is 514 g/mol. The zero-order chi connectivity index (χ0) is 27.8. The SMILES string of the molecule is C#CC/C=C\C=C(/C)CCCSc1sc(C(=O)OCC)c2c1/C(=N/O)CC(/C=C/C=C(\C/C=C\C)OC)C2. The molecule has 0 amide bonds. The van der Waals surface area contributed by atoms with E-state index < -0.39 is 0 Å². The highest BCUT2D eigenvalue weighted by Crippen LogP contribution is 2.43. The van der Waals surface area contributed by atoms with E-state index >= 15 is 0 Å². The van der Waals surface area contributed by atoms with Gasteiger partial charge in [-0.05, 0) is 63.3 Å². The number of carbonyl (C=O) groups is 1. The second-order valence-electron chi connectivity index (χ2n) is 8.80. The van der Waals surface area contributed by atoms with Crippen LogP contribution in [0.4, 0.5) is 0 Å². The third kappa shape index (κ3) is 9.74. The number of rotatable bonds is 14. The van der Waals surface area contributed by atoms with Gasteiger partial charge in [-0.2, -0.15) is 0 Å². The van der Waals surface area contributed by atoms with Crippen LogP contribution in [-0.4, -0.2) is 36.4 Å². The van der Waals surface area contributed by atoms with Crippen LogP contribution in [0.3, 0.4) is 0 Å². The van der Waals surface area contributed by atoms with Gasteiger partial charge in [-0.25, -0.2) is 4.79 Å². The van der Waals surface area contributed by atoms with E-state index in [0.29, 0.717) is 36.5 Å². The first-order valence-corrected chi connectivity index (χ1v) is 14.7. The molecule has 1 heterocycles. The van der Waals surface area contributed by atoms with E-state index in [1.165, 1.54) is 16.9 Å². The number of esters is 1. The van der Waals surface area contributed by atoms with Crippen LogP contribution in [0.15, 0.2) is 69.3 Å². The molecule has 1 N–H and O–H groups in total. The second-order valence-corrected chi connectivity index (χ2v) is 11.2.